The Morgan fingerprint density at radius 1 is 1.13 bits per heavy atom. The summed E-state index contributed by atoms with van der Waals surface area (Å²) in [6, 6.07) is 11.6. The molecule has 1 aromatic carbocycles. The monoisotopic (exact) mass is 304 g/mol. The number of rotatable bonds is 3. The maximum atomic E-state index is 11.2. The Balaban J connectivity index is 1.96. The summed E-state index contributed by atoms with van der Waals surface area (Å²) in [6.45, 7) is 1.94. The van der Waals surface area contributed by atoms with Gasteiger partial charge in [-0.25, -0.2) is 9.67 Å². The maximum absolute atomic E-state index is 11.2. The molecular formula is C16H12N6O. The third kappa shape index (κ3) is 2.02. The Hall–Kier alpha value is -3.35. The van der Waals surface area contributed by atoms with Crippen molar-refractivity contribution in [1.29, 1.82) is 0 Å². The van der Waals surface area contributed by atoms with E-state index in [4.69, 9.17) is 0 Å². The Morgan fingerprint density at radius 2 is 1.96 bits per heavy atom. The van der Waals surface area contributed by atoms with Gasteiger partial charge >= 0.3 is 0 Å². The Kier molecular flexibility index (Phi) is 2.97. The number of nitrogens with zero attached hydrogens (tertiary/aromatic N) is 6. The van der Waals surface area contributed by atoms with Crippen LogP contribution in [-0.2, 0) is 0 Å². The van der Waals surface area contributed by atoms with Crippen molar-refractivity contribution in [3.63, 3.8) is 0 Å². The molecule has 0 aliphatic heterocycles. The third-order valence-corrected chi connectivity index (χ3v) is 3.74. The van der Waals surface area contributed by atoms with Crippen LogP contribution in [0.1, 0.15) is 5.69 Å². The zero-order valence-electron chi connectivity index (χ0n) is 12.3. The van der Waals surface area contributed by atoms with Crippen LogP contribution >= 0.6 is 0 Å². The highest BCUT2D eigenvalue weighted by atomic mass is 16.3. The van der Waals surface area contributed by atoms with Crippen LogP contribution in [0.25, 0.3) is 22.7 Å². The second-order valence-electron chi connectivity index (χ2n) is 5.06. The molecule has 7 heteroatoms. The summed E-state index contributed by atoms with van der Waals surface area (Å²) in [5.74, 6) is 0.545. The summed E-state index contributed by atoms with van der Waals surface area (Å²) in [5, 5.41) is 7.48. The van der Waals surface area contributed by atoms with E-state index in [1.807, 2.05) is 41.9 Å². The standard InChI is InChI=1S/C16H12N6O/c1-11-13(10-18-22(11)12-6-3-2-4-7-12)14-15(20-23)19-16-17-8-5-9-21(14)16/h2-10H,1H3. The van der Waals surface area contributed by atoms with Gasteiger partial charge in [0.1, 0.15) is 5.69 Å². The molecule has 0 amide bonds. The summed E-state index contributed by atoms with van der Waals surface area (Å²) >= 11 is 0. The number of imidazole rings is 1. The fourth-order valence-corrected chi connectivity index (χ4v) is 2.66. The maximum Gasteiger partial charge on any atom is 0.236 e. The molecular weight excluding hydrogens is 292 g/mol. The van der Waals surface area contributed by atoms with E-state index in [1.165, 1.54) is 0 Å². The average molecular weight is 304 g/mol. The van der Waals surface area contributed by atoms with Gasteiger partial charge in [0.15, 0.2) is 0 Å². The summed E-state index contributed by atoms with van der Waals surface area (Å²) < 4.78 is 3.57. The average Bonchev–Trinajstić information content (AvgIpc) is 3.15. The lowest BCUT2D eigenvalue weighted by Gasteiger charge is -2.05. The zero-order chi connectivity index (χ0) is 15.8. The minimum Gasteiger partial charge on any atom is -0.281 e. The molecule has 0 unspecified atom stereocenters. The van der Waals surface area contributed by atoms with Crippen molar-refractivity contribution in [2.24, 2.45) is 5.18 Å². The van der Waals surface area contributed by atoms with E-state index in [0.717, 1.165) is 16.9 Å². The van der Waals surface area contributed by atoms with E-state index in [9.17, 15) is 4.91 Å². The highest BCUT2D eigenvalue weighted by molar-refractivity contribution is 5.75. The van der Waals surface area contributed by atoms with Gasteiger partial charge in [-0.3, -0.25) is 4.40 Å². The van der Waals surface area contributed by atoms with Crippen LogP contribution in [0.5, 0.6) is 0 Å². The van der Waals surface area contributed by atoms with Gasteiger partial charge in [-0.1, -0.05) is 18.2 Å². The van der Waals surface area contributed by atoms with E-state index in [2.05, 4.69) is 20.2 Å². The van der Waals surface area contributed by atoms with E-state index >= 15 is 0 Å². The first-order chi connectivity index (χ1) is 11.3. The van der Waals surface area contributed by atoms with Gasteiger partial charge in [-0.05, 0) is 30.3 Å². The predicted molar refractivity (Wildman–Crippen MR) is 85.7 cm³/mol. The lowest BCUT2D eigenvalue weighted by atomic mass is 10.2. The Bertz CT molecular complexity index is 1000. The molecule has 0 aliphatic rings. The summed E-state index contributed by atoms with van der Waals surface area (Å²) in [7, 11) is 0. The molecule has 23 heavy (non-hydrogen) atoms. The zero-order valence-corrected chi connectivity index (χ0v) is 12.3. The molecule has 4 rings (SSSR count). The van der Waals surface area contributed by atoms with Crippen LogP contribution in [-0.4, -0.2) is 24.1 Å². The second kappa shape index (κ2) is 5.13. The third-order valence-electron chi connectivity index (χ3n) is 3.74. The highest BCUT2D eigenvalue weighted by Crippen LogP contribution is 2.33. The van der Waals surface area contributed by atoms with Crippen molar-refractivity contribution in [1.82, 2.24) is 24.1 Å². The van der Waals surface area contributed by atoms with Crippen LogP contribution in [0.4, 0.5) is 5.82 Å². The molecule has 0 fully saturated rings. The van der Waals surface area contributed by atoms with Crippen molar-refractivity contribution in [2.75, 3.05) is 0 Å². The van der Waals surface area contributed by atoms with Crippen LogP contribution < -0.4 is 0 Å². The van der Waals surface area contributed by atoms with Crippen LogP contribution in [0.15, 0.2) is 60.2 Å². The molecule has 3 heterocycles. The number of hydrogen-bond donors (Lipinski definition) is 0. The number of para-hydroxylation sites is 1. The van der Waals surface area contributed by atoms with Crippen LogP contribution in [0.3, 0.4) is 0 Å². The van der Waals surface area contributed by atoms with E-state index in [-0.39, 0.29) is 5.82 Å². The molecule has 0 atom stereocenters. The van der Waals surface area contributed by atoms with Gasteiger partial charge in [-0.2, -0.15) is 10.1 Å². The van der Waals surface area contributed by atoms with Gasteiger partial charge in [0, 0.05) is 18.0 Å². The number of aromatic nitrogens is 5. The smallest absolute Gasteiger partial charge is 0.236 e. The molecule has 112 valence electrons. The first kappa shape index (κ1) is 13.3. The van der Waals surface area contributed by atoms with E-state index in [0.29, 0.717) is 11.5 Å². The lowest BCUT2D eigenvalue weighted by molar-refractivity contribution is 0.847. The largest absolute Gasteiger partial charge is 0.281 e. The van der Waals surface area contributed by atoms with Gasteiger partial charge in [0.2, 0.25) is 11.6 Å². The van der Waals surface area contributed by atoms with Crippen LogP contribution in [0.2, 0.25) is 0 Å². The van der Waals surface area contributed by atoms with E-state index < -0.39 is 0 Å². The molecule has 3 aromatic heterocycles. The van der Waals surface area contributed by atoms with Gasteiger partial charge in [0.25, 0.3) is 0 Å². The molecule has 0 bridgehead atoms. The van der Waals surface area contributed by atoms with Crippen molar-refractivity contribution in [3.8, 4) is 16.9 Å². The number of fused-ring (bicyclic) bond motifs is 1. The predicted octanol–water partition coefficient (Wildman–Crippen LogP) is 3.29. The van der Waals surface area contributed by atoms with Gasteiger partial charge in [-0.15, -0.1) is 4.91 Å². The minimum absolute atomic E-state index is 0.111. The molecule has 0 radical (unpaired) electrons. The molecule has 0 aliphatic carbocycles. The fraction of sp³-hybridized carbons (Fsp3) is 0.0625. The van der Waals surface area contributed by atoms with Crippen molar-refractivity contribution < 1.29 is 0 Å². The molecule has 4 aromatic rings. The molecule has 0 saturated carbocycles. The van der Waals surface area contributed by atoms with Gasteiger partial charge < -0.3 is 0 Å². The first-order valence-electron chi connectivity index (χ1n) is 7.06. The molecule has 0 spiro atoms. The quantitative estimate of drug-likeness (QED) is 0.544. The Morgan fingerprint density at radius 3 is 2.74 bits per heavy atom. The van der Waals surface area contributed by atoms with Crippen molar-refractivity contribution in [3.05, 3.63) is 65.6 Å². The van der Waals surface area contributed by atoms with Crippen molar-refractivity contribution >= 4 is 11.6 Å². The molecule has 0 saturated heterocycles. The normalized spacial score (nSPS) is 11.0. The number of nitroso groups, excluding NO2 is 1. The van der Waals surface area contributed by atoms with Crippen LogP contribution in [0, 0.1) is 11.8 Å². The lowest BCUT2D eigenvalue weighted by Crippen LogP contribution is -1.98. The second-order valence-corrected chi connectivity index (χ2v) is 5.06. The summed E-state index contributed by atoms with van der Waals surface area (Å²) in [4.78, 5) is 19.5. The number of hydrogen-bond acceptors (Lipinski definition) is 5. The molecule has 7 nitrogen and oxygen atoms in total. The molecule has 0 N–H and O–H groups in total. The summed E-state index contributed by atoms with van der Waals surface area (Å²) in [6.07, 6.45) is 5.15. The fourth-order valence-electron chi connectivity index (χ4n) is 2.66. The SMILES string of the molecule is Cc1c(-c2c(N=O)nc3ncccn23)cnn1-c1ccccc1. The highest BCUT2D eigenvalue weighted by Gasteiger charge is 2.20. The van der Waals surface area contributed by atoms with E-state index in [1.54, 1.807) is 29.1 Å². The minimum atomic E-state index is 0.111. The number of benzene rings is 1. The summed E-state index contributed by atoms with van der Waals surface area (Å²) in [5.41, 5.74) is 3.24. The van der Waals surface area contributed by atoms with Gasteiger partial charge in [0.05, 0.1) is 17.6 Å². The topological polar surface area (TPSA) is 77.4 Å². The Labute approximate surface area is 131 Å². The first-order valence-corrected chi connectivity index (χ1v) is 7.06. The van der Waals surface area contributed by atoms with Crippen molar-refractivity contribution in [2.45, 2.75) is 6.92 Å².